The van der Waals surface area contributed by atoms with Crippen LogP contribution in [0.15, 0.2) is 60.2 Å². The summed E-state index contributed by atoms with van der Waals surface area (Å²) < 4.78 is 5.13. The molecule has 0 aromatic heterocycles. The van der Waals surface area contributed by atoms with Crippen molar-refractivity contribution in [3.63, 3.8) is 0 Å². The minimum atomic E-state index is -0.527. The number of esters is 1. The molecule has 25 heavy (non-hydrogen) atoms. The molecule has 1 aliphatic rings. The van der Waals surface area contributed by atoms with E-state index in [2.05, 4.69) is 0 Å². The maximum absolute atomic E-state index is 12.8. The molecule has 4 heteroatoms. The minimum Gasteiger partial charge on any atom is -0.462 e. The van der Waals surface area contributed by atoms with Gasteiger partial charge in [-0.25, -0.2) is 4.79 Å². The molecule has 0 bridgehead atoms. The lowest BCUT2D eigenvalue weighted by molar-refractivity contribution is -0.140. The van der Waals surface area contributed by atoms with Crippen LogP contribution in [0, 0.1) is 0 Å². The van der Waals surface area contributed by atoms with Gasteiger partial charge in [0, 0.05) is 11.4 Å². The molecule has 0 aliphatic heterocycles. The molecule has 2 aromatic rings. The number of hydrogen-bond donors (Lipinski definition) is 0. The molecular weight excluding hydrogens is 336 g/mol. The highest BCUT2D eigenvalue weighted by Gasteiger charge is 2.33. The third kappa shape index (κ3) is 3.83. The molecule has 2 aromatic carbocycles. The number of Topliss-reactive ketones (excluding diaryl/α,β-unsaturated/α-hetero) is 1. The van der Waals surface area contributed by atoms with Crippen molar-refractivity contribution in [3.8, 4) is 0 Å². The van der Waals surface area contributed by atoms with E-state index in [0.29, 0.717) is 17.9 Å². The van der Waals surface area contributed by atoms with Gasteiger partial charge in [0.25, 0.3) is 0 Å². The van der Waals surface area contributed by atoms with Gasteiger partial charge < -0.3 is 4.74 Å². The molecule has 0 N–H and O–H groups in total. The van der Waals surface area contributed by atoms with Gasteiger partial charge in [-0.1, -0.05) is 54.1 Å². The maximum atomic E-state index is 12.8. The lowest BCUT2D eigenvalue weighted by atomic mass is 9.77. The third-order valence-electron chi connectivity index (χ3n) is 4.41. The van der Waals surface area contributed by atoms with E-state index in [1.807, 2.05) is 54.6 Å². The number of benzene rings is 2. The molecule has 1 aliphatic carbocycles. The summed E-state index contributed by atoms with van der Waals surface area (Å²) in [6, 6.07) is 17.1. The van der Waals surface area contributed by atoms with Crippen LogP contribution in [-0.4, -0.2) is 18.4 Å². The predicted octanol–water partition coefficient (Wildman–Crippen LogP) is 4.80. The van der Waals surface area contributed by atoms with Crippen LogP contribution in [0.1, 0.15) is 36.8 Å². The number of ether oxygens (including phenoxy) is 1. The average molecular weight is 355 g/mol. The van der Waals surface area contributed by atoms with Crippen LogP contribution >= 0.6 is 11.6 Å². The summed E-state index contributed by atoms with van der Waals surface area (Å²) in [5.74, 6) is -0.664. The van der Waals surface area contributed by atoms with Gasteiger partial charge in [-0.15, -0.1) is 0 Å². The molecule has 128 valence electrons. The summed E-state index contributed by atoms with van der Waals surface area (Å²) in [6.45, 7) is 1.99. The molecular formula is C21H19ClO3. The monoisotopic (exact) mass is 354 g/mol. The smallest absolute Gasteiger partial charge is 0.342 e. The summed E-state index contributed by atoms with van der Waals surface area (Å²) in [6.07, 6.45) is 0.914. The molecule has 0 amide bonds. The van der Waals surface area contributed by atoms with Crippen molar-refractivity contribution in [3.05, 3.63) is 76.3 Å². The predicted molar refractivity (Wildman–Crippen MR) is 98.4 cm³/mol. The molecule has 0 saturated heterocycles. The van der Waals surface area contributed by atoms with E-state index < -0.39 is 5.97 Å². The van der Waals surface area contributed by atoms with E-state index in [0.717, 1.165) is 16.7 Å². The summed E-state index contributed by atoms with van der Waals surface area (Å²) in [5.41, 5.74) is 2.89. The second-order valence-electron chi connectivity index (χ2n) is 6.02. The topological polar surface area (TPSA) is 43.4 Å². The van der Waals surface area contributed by atoms with Gasteiger partial charge in [-0.3, -0.25) is 4.79 Å². The number of hydrogen-bond acceptors (Lipinski definition) is 3. The zero-order chi connectivity index (χ0) is 17.8. The second-order valence-corrected chi connectivity index (χ2v) is 6.46. The van der Waals surface area contributed by atoms with Crippen molar-refractivity contribution in [2.75, 3.05) is 6.61 Å². The van der Waals surface area contributed by atoms with Crippen LogP contribution in [-0.2, 0) is 14.3 Å². The Morgan fingerprint density at radius 1 is 1.08 bits per heavy atom. The van der Waals surface area contributed by atoms with E-state index in [1.54, 1.807) is 6.92 Å². The third-order valence-corrected chi connectivity index (χ3v) is 4.66. The van der Waals surface area contributed by atoms with Gasteiger partial charge in [0.05, 0.1) is 6.61 Å². The Bertz CT molecular complexity index is 807. The highest BCUT2D eigenvalue weighted by Crippen LogP contribution is 2.39. The van der Waals surface area contributed by atoms with E-state index >= 15 is 0 Å². The lowest BCUT2D eigenvalue weighted by Crippen LogP contribution is -2.24. The van der Waals surface area contributed by atoms with Crippen molar-refractivity contribution in [1.82, 2.24) is 0 Å². The van der Waals surface area contributed by atoms with Crippen LogP contribution < -0.4 is 0 Å². The molecule has 0 fully saturated rings. The number of allylic oxidation sites excluding steroid dienone is 1. The number of ketones is 1. The van der Waals surface area contributed by atoms with Crippen molar-refractivity contribution in [2.24, 2.45) is 0 Å². The summed E-state index contributed by atoms with van der Waals surface area (Å²) in [7, 11) is 0. The standard InChI is InChI=1S/C21H19ClO3/c1-2-25-21(24)20-18(15-6-4-3-5-7-15)12-16(13-19(20)23)14-8-10-17(22)11-9-14/h3-11,16H,2,12-13H2,1H3. The number of carbonyl (C=O) groups is 2. The average Bonchev–Trinajstić information content (AvgIpc) is 2.62. The summed E-state index contributed by atoms with van der Waals surface area (Å²) in [4.78, 5) is 25.1. The molecule has 3 nitrogen and oxygen atoms in total. The largest absolute Gasteiger partial charge is 0.462 e. The van der Waals surface area contributed by atoms with Crippen LogP contribution in [0.5, 0.6) is 0 Å². The van der Waals surface area contributed by atoms with E-state index in [9.17, 15) is 9.59 Å². The normalized spacial score (nSPS) is 17.5. The van der Waals surface area contributed by atoms with Gasteiger partial charge in [-0.05, 0) is 48.1 Å². The maximum Gasteiger partial charge on any atom is 0.342 e. The Labute approximate surface area is 152 Å². The first-order valence-corrected chi connectivity index (χ1v) is 8.72. The van der Waals surface area contributed by atoms with Crippen molar-refractivity contribution in [1.29, 1.82) is 0 Å². The summed E-state index contributed by atoms with van der Waals surface area (Å²) in [5, 5.41) is 0.664. The lowest BCUT2D eigenvalue weighted by Gasteiger charge is -2.26. The molecule has 1 unspecified atom stereocenters. The first-order chi connectivity index (χ1) is 12.1. The van der Waals surface area contributed by atoms with Gasteiger partial charge in [0.2, 0.25) is 0 Å². The van der Waals surface area contributed by atoms with Gasteiger partial charge in [0.1, 0.15) is 5.57 Å². The Morgan fingerprint density at radius 2 is 1.76 bits per heavy atom. The van der Waals surface area contributed by atoms with Crippen LogP contribution in [0.3, 0.4) is 0 Å². The van der Waals surface area contributed by atoms with E-state index in [4.69, 9.17) is 16.3 Å². The Balaban J connectivity index is 2.03. The molecule has 1 atom stereocenters. The van der Waals surface area contributed by atoms with Gasteiger partial charge in [0.15, 0.2) is 5.78 Å². The second kappa shape index (κ2) is 7.66. The van der Waals surface area contributed by atoms with Crippen LogP contribution in [0.2, 0.25) is 5.02 Å². The summed E-state index contributed by atoms with van der Waals surface area (Å²) >= 11 is 5.97. The fourth-order valence-corrected chi connectivity index (χ4v) is 3.35. The minimum absolute atomic E-state index is 0.0261. The molecule has 0 heterocycles. The number of halogens is 1. The van der Waals surface area contributed by atoms with Crippen molar-refractivity contribution >= 4 is 28.9 Å². The zero-order valence-electron chi connectivity index (χ0n) is 14.0. The molecule has 3 rings (SSSR count). The fourth-order valence-electron chi connectivity index (χ4n) is 3.23. The van der Waals surface area contributed by atoms with Gasteiger partial charge >= 0.3 is 5.97 Å². The fraction of sp³-hybridized carbons (Fsp3) is 0.238. The molecule has 0 radical (unpaired) electrons. The Hall–Kier alpha value is -2.39. The first-order valence-electron chi connectivity index (χ1n) is 8.34. The highest BCUT2D eigenvalue weighted by atomic mass is 35.5. The molecule has 0 saturated carbocycles. The van der Waals surface area contributed by atoms with Crippen molar-refractivity contribution in [2.45, 2.75) is 25.7 Å². The Morgan fingerprint density at radius 3 is 2.40 bits per heavy atom. The molecule has 0 spiro atoms. The van der Waals surface area contributed by atoms with E-state index in [-0.39, 0.29) is 23.9 Å². The first kappa shape index (κ1) is 17.4. The number of rotatable bonds is 4. The van der Waals surface area contributed by atoms with Crippen molar-refractivity contribution < 1.29 is 14.3 Å². The zero-order valence-corrected chi connectivity index (χ0v) is 14.8. The Kier molecular flexibility index (Phi) is 5.34. The van der Waals surface area contributed by atoms with Crippen LogP contribution in [0.25, 0.3) is 5.57 Å². The van der Waals surface area contributed by atoms with E-state index in [1.165, 1.54) is 0 Å². The quantitative estimate of drug-likeness (QED) is 0.585. The highest BCUT2D eigenvalue weighted by molar-refractivity contribution is 6.30. The van der Waals surface area contributed by atoms with Crippen LogP contribution in [0.4, 0.5) is 0 Å². The van der Waals surface area contributed by atoms with Gasteiger partial charge in [-0.2, -0.15) is 0 Å². The SMILES string of the molecule is CCOC(=O)C1=C(c2ccccc2)CC(c2ccc(Cl)cc2)CC1=O. The number of carbonyl (C=O) groups excluding carboxylic acids is 2.